The van der Waals surface area contributed by atoms with Gasteiger partial charge in [0.15, 0.2) is 0 Å². The van der Waals surface area contributed by atoms with Crippen molar-refractivity contribution in [2.75, 3.05) is 23.8 Å². The van der Waals surface area contributed by atoms with Crippen molar-refractivity contribution in [2.45, 2.75) is 0 Å². The molecule has 2 aromatic rings. The fraction of sp³-hybridized carbons (Fsp3) is 0.125. The number of nitriles is 1. The standard InChI is InChI=1S/C16H14ClN3O/c1-20(15-8-2-12(10-18)3-9-15)11-16(21)19-14-6-4-13(17)5-7-14/h2-9H,11H2,1H3,(H,19,21). The van der Waals surface area contributed by atoms with Gasteiger partial charge in [-0.3, -0.25) is 4.79 Å². The summed E-state index contributed by atoms with van der Waals surface area (Å²) in [4.78, 5) is 13.8. The molecular formula is C16H14ClN3O. The number of benzene rings is 2. The third-order valence-electron chi connectivity index (χ3n) is 2.95. The van der Waals surface area contributed by atoms with Gasteiger partial charge in [0.25, 0.3) is 0 Å². The van der Waals surface area contributed by atoms with E-state index in [0.29, 0.717) is 16.3 Å². The molecule has 0 aliphatic rings. The van der Waals surface area contributed by atoms with Crippen LogP contribution in [0.15, 0.2) is 48.5 Å². The predicted octanol–water partition coefficient (Wildman–Crippen LogP) is 3.29. The van der Waals surface area contributed by atoms with Gasteiger partial charge in [-0.15, -0.1) is 0 Å². The average molecular weight is 300 g/mol. The Kier molecular flexibility index (Phi) is 4.81. The first kappa shape index (κ1) is 14.9. The zero-order valence-electron chi connectivity index (χ0n) is 11.5. The number of amides is 1. The molecule has 0 saturated carbocycles. The summed E-state index contributed by atoms with van der Waals surface area (Å²) < 4.78 is 0. The van der Waals surface area contributed by atoms with Gasteiger partial charge in [0.2, 0.25) is 5.91 Å². The Labute approximate surface area is 128 Å². The largest absolute Gasteiger partial charge is 0.365 e. The van der Waals surface area contributed by atoms with Gasteiger partial charge in [-0.2, -0.15) is 5.26 Å². The number of likely N-dealkylation sites (N-methyl/N-ethyl adjacent to an activating group) is 1. The highest BCUT2D eigenvalue weighted by Crippen LogP contribution is 2.15. The third-order valence-corrected chi connectivity index (χ3v) is 3.20. The molecule has 5 heteroatoms. The Bertz CT molecular complexity index is 659. The lowest BCUT2D eigenvalue weighted by atomic mass is 10.2. The molecular weight excluding hydrogens is 286 g/mol. The van der Waals surface area contributed by atoms with Crippen LogP contribution >= 0.6 is 11.6 Å². The maximum absolute atomic E-state index is 12.0. The van der Waals surface area contributed by atoms with E-state index in [1.165, 1.54) is 0 Å². The zero-order chi connectivity index (χ0) is 15.2. The number of halogens is 1. The van der Waals surface area contributed by atoms with E-state index in [2.05, 4.69) is 11.4 Å². The second-order valence-electron chi connectivity index (χ2n) is 4.57. The normalized spacial score (nSPS) is 9.76. The topological polar surface area (TPSA) is 56.1 Å². The molecule has 106 valence electrons. The monoisotopic (exact) mass is 299 g/mol. The van der Waals surface area contributed by atoms with Crippen LogP contribution in [0.1, 0.15) is 5.56 Å². The molecule has 0 aromatic heterocycles. The Hall–Kier alpha value is -2.51. The van der Waals surface area contributed by atoms with Crippen molar-refractivity contribution in [3.05, 3.63) is 59.1 Å². The van der Waals surface area contributed by atoms with Crippen LogP contribution in [0.4, 0.5) is 11.4 Å². The van der Waals surface area contributed by atoms with Crippen molar-refractivity contribution < 1.29 is 4.79 Å². The van der Waals surface area contributed by atoms with Gasteiger partial charge in [0.1, 0.15) is 0 Å². The predicted molar refractivity (Wildman–Crippen MR) is 84.5 cm³/mol. The second-order valence-corrected chi connectivity index (χ2v) is 5.01. The molecule has 0 radical (unpaired) electrons. The fourth-order valence-corrected chi connectivity index (χ4v) is 1.96. The molecule has 0 fully saturated rings. The number of carbonyl (C=O) groups is 1. The van der Waals surface area contributed by atoms with Gasteiger partial charge in [-0.25, -0.2) is 0 Å². The molecule has 0 aliphatic heterocycles. The quantitative estimate of drug-likeness (QED) is 0.942. The number of hydrogen-bond donors (Lipinski definition) is 1. The SMILES string of the molecule is CN(CC(=O)Nc1ccc(Cl)cc1)c1ccc(C#N)cc1. The minimum Gasteiger partial charge on any atom is -0.365 e. The smallest absolute Gasteiger partial charge is 0.243 e. The van der Waals surface area contributed by atoms with E-state index < -0.39 is 0 Å². The molecule has 1 amide bonds. The number of carbonyl (C=O) groups excluding carboxylic acids is 1. The summed E-state index contributed by atoms with van der Waals surface area (Å²) in [5.41, 5.74) is 2.18. The molecule has 0 atom stereocenters. The summed E-state index contributed by atoms with van der Waals surface area (Å²) in [5, 5.41) is 12.2. The van der Waals surface area contributed by atoms with Crippen molar-refractivity contribution in [3.8, 4) is 6.07 Å². The number of hydrogen-bond acceptors (Lipinski definition) is 3. The van der Waals surface area contributed by atoms with Crippen LogP contribution in [-0.4, -0.2) is 19.5 Å². The molecule has 21 heavy (non-hydrogen) atoms. The molecule has 2 rings (SSSR count). The summed E-state index contributed by atoms with van der Waals surface area (Å²) in [5.74, 6) is -0.121. The maximum Gasteiger partial charge on any atom is 0.243 e. The molecule has 0 bridgehead atoms. The van der Waals surface area contributed by atoms with E-state index in [1.807, 2.05) is 24.1 Å². The van der Waals surface area contributed by atoms with Crippen molar-refractivity contribution >= 4 is 28.9 Å². The highest BCUT2D eigenvalue weighted by atomic mass is 35.5. The van der Waals surface area contributed by atoms with E-state index >= 15 is 0 Å². The lowest BCUT2D eigenvalue weighted by molar-refractivity contribution is -0.114. The van der Waals surface area contributed by atoms with Crippen LogP contribution in [0.5, 0.6) is 0 Å². The van der Waals surface area contributed by atoms with Crippen LogP contribution in [0, 0.1) is 11.3 Å². The Balaban J connectivity index is 1.95. The lowest BCUT2D eigenvalue weighted by Gasteiger charge is -2.18. The molecule has 0 heterocycles. The first-order valence-corrected chi connectivity index (χ1v) is 6.73. The summed E-state index contributed by atoms with van der Waals surface area (Å²) >= 11 is 5.79. The number of rotatable bonds is 4. The molecule has 1 N–H and O–H groups in total. The third kappa shape index (κ3) is 4.23. The lowest BCUT2D eigenvalue weighted by Crippen LogP contribution is -2.29. The van der Waals surface area contributed by atoms with Crippen LogP contribution in [0.25, 0.3) is 0 Å². The fourth-order valence-electron chi connectivity index (χ4n) is 1.83. The van der Waals surface area contributed by atoms with E-state index in [9.17, 15) is 4.79 Å². The minimum absolute atomic E-state index is 0.121. The summed E-state index contributed by atoms with van der Waals surface area (Å²) in [7, 11) is 1.82. The highest BCUT2D eigenvalue weighted by molar-refractivity contribution is 6.30. The van der Waals surface area contributed by atoms with Crippen LogP contribution in [0.3, 0.4) is 0 Å². The summed E-state index contributed by atoms with van der Waals surface area (Å²) in [6.45, 7) is 0.217. The number of anilines is 2. The number of nitrogens with one attached hydrogen (secondary N) is 1. The molecule has 0 spiro atoms. The molecule has 2 aromatic carbocycles. The van der Waals surface area contributed by atoms with Gasteiger partial charge in [-0.05, 0) is 48.5 Å². The van der Waals surface area contributed by atoms with Gasteiger partial charge in [0.05, 0.1) is 18.2 Å². The Morgan fingerprint density at radius 3 is 2.38 bits per heavy atom. The first-order chi connectivity index (χ1) is 10.1. The summed E-state index contributed by atoms with van der Waals surface area (Å²) in [6, 6.07) is 16.1. The van der Waals surface area contributed by atoms with Gasteiger partial charge in [0, 0.05) is 23.4 Å². The van der Waals surface area contributed by atoms with Crippen LogP contribution in [-0.2, 0) is 4.79 Å². The van der Waals surface area contributed by atoms with E-state index in [1.54, 1.807) is 36.4 Å². The van der Waals surface area contributed by atoms with Crippen LogP contribution in [0.2, 0.25) is 5.02 Å². The van der Waals surface area contributed by atoms with E-state index in [4.69, 9.17) is 16.9 Å². The van der Waals surface area contributed by atoms with Gasteiger partial charge >= 0.3 is 0 Å². The van der Waals surface area contributed by atoms with E-state index in [0.717, 1.165) is 5.69 Å². The first-order valence-electron chi connectivity index (χ1n) is 6.35. The van der Waals surface area contributed by atoms with Crippen molar-refractivity contribution in [3.63, 3.8) is 0 Å². The molecule has 4 nitrogen and oxygen atoms in total. The second kappa shape index (κ2) is 6.78. The molecule has 0 unspecified atom stereocenters. The van der Waals surface area contributed by atoms with Crippen molar-refractivity contribution in [1.82, 2.24) is 0 Å². The van der Waals surface area contributed by atoms with Crippen LogP contribution < -0.4 is 10.2 Å². The van der Waals surface area contributed by atoms with Gasteiger partial charge < -0.3 is 10.2 Å². The minimum atomic E-state index is -0.121. The molecule has 0 saturated heterocycles. The number of nitrogens with zero attached hydrogens (tertiary/aromatic N) is 2. The van der Waals surface area contributed by atoms with E-state index in [-0.39, 0.29) is 12.5 Å². The molecule has 0 aliphatic carbocycles. The average Bonchev–Trinajstić information content (AvgIpc) is 2.49. The zero-order valence-corrected chi connectivity index (χ0v) is 12.3. The van der Waals surface area contributed by atoms with Gasteiger partial charge in [-0.1, -0.05) is 11.6 Å². The summed E-state index contributed by atoms with van der Waals surface area (Å²) in [6.07, 6.45) is 0. The maximum atomic E-state index is 12.0. The highest BCUT2D eigenvalue weighted by Gasteiger charge is 2.08. The van der Waals surface area contributed by atoms with Crippen molar-refractivity contribution in [1.29, 1.82) is 5.26 Å². The Morgan fingerprint density at radius 1 is 1.19 bits per heavy atom. The Morgan fingerprint density at radius 2 is 1.81 bits per heavy atom. The van der Waals surface area contributed by atoms with Crippen molar-refractivity contribution in [2.24, 2.45) is 0 Å².